The van der Waals surface area contributed by atoms with Gasteiger partial charge in [-0.1, -0.05) is 13.0 Å². The summed E-state index contributed by atoms with van der Waals surface area (Å²) in [7, 11) is 2.00. The summed E-state index contributed by atoms with van der Waals surface area (Å²) < 4.78 is 0. The van der Waals surface area contributed by atoms with Gasteiger partial charge in [-0.2, -0.15) is 0 Å². The number of aryl methyl sites for hydroxylation is 1. The molecule has 0 spiro atoms. The number of hydrogen-bond donors (Lipinski definition) is 2. The van der Waals surface area contributed by atoms with Gasteiger partial charge >= 0.3 is 0 Å². The highest BCUT2D eigenvalue weighted by Gasteiger charge is 2.58. The third kappa shape index (κ3) is 2.16. The van der Waals surface area contributed by atoms with Crippen molar-refractivity contribution in [3.05, 3.63) is 29.3 Å². The van der Waals surface area contributed by atoms with E-state index in [1.54, 1.807) is 0 Å². The first-order valence-electron chi connectivity index (χ1n) is 9.04. The topological polar surface area (TPSA) is 49.3 Å². The van der Waals surface area contributed by atoms with E-state index < -0.39 is 0 Å². The number of phenols is 1. The molecule has 3 nitrogen and oxygen atoms in total. The van der Waals surface area contributed by atoms with Crippen molar-refractivity contribution in [2.24, 2.45) is 23.2 Å². The van der Waals surface area contributed by atoms with E-state index in [1.165, 1.54) is 11.1 Å². The van der Waals surface area contributed by atoms with E-state index in [9.17, 15) is 9.90 Å². The molecule has 0 aromatic heterocycles. The monoisotopic (exact) mass is 313 g/mol. The van der Waals surface area contributed by atoms with Crippen molar-refractivity contribution in [2.45, 2.75) is 44.9 Å². The van der Waals surface area contributed by atoms with Gasteiger partial charge in [-0.05, 0) is 86.2 Å². The number of hydrogen-bond acceptors (Lipinski definition) is 3. The number of benzene rings is 1. The summed E-state index contributed by atoms with van der Waals surface area (Å²) in [6.45, 7) is 3.19. The quantitative estimate of drug-likeness (QED) is 0.881. The predicted molar refractivity (Wildman–Crippen MR) is 90.5 cm³/mol. The highest BCUT2D eigenvalue weighted by atomic mass is 16.3. The highest BCUT2D eigenvalue weighted by Crippen LogP contribution is 2.61. The first kappa shape index (κ1) is 15.2. The number of carbonyl (C=O) groups excluding carboxylic acids is 1. The summed E-state index contributed by atoms with van der Waals surface area (Å²) in [4.78, 5) is 12.7. The summed E-state index contributed by atoms with van der Waals surface area (Å²) in [5.74, 6) is 3.08. The molecule has 0 bridgehead atoms. The molecule has 124 valence electrons. The largest absolute Gasteiger partial charge is 0.508 e. The molecule has 5 atom stereocenters. The van der Waals surface area contributed by atoms with Crippen molar-refractivity contribution in [3.8, 4) is 5.75 Å². The van der Waals surface area contributed by atoms with Crippen LogP contribution in [-0.2, 0) is 11.2 Å². The Morgan fingerprint density at radius 2 is 2.17 bits per heavy atom. The molecule has 0 aliphatic heterocycles. The molecule has 2 saturated carbocycles. The Labute approximate surface area is 138 Å². The summed E-state index contributed by atoms with van der Waals surface area (Å²) in [6, 6.07) is 5.91. The van der Waals surface area contributed by atoms with E-state index in [0.29, 0.717) is 35.2 Å². The lowest BCUT2D eigenvalue weighted by Crippen LogP contribution is -2.45. The number of Topliss-reactive ketones (excluding diaryl/α,β-unsaturated/α-hetero) is 1. The zero-order valence-corrected chi connectivity index (χ0v) is 14.1. The van der Waals surface area contributed by atoms with Gasteiger partial charge in [0, 0.05) is 11.8 Å². The van der Waals surface area contributed by atoms with Crippen molar-refractivity contribution >= 4 is 5.78 Å². The molecule has 23 heavy (non-hydrogen) atoms. The lowest BCUT2D eigenvalue weighted by Gasteiger charge is -2.50. The molecule has 0 amide bonds. The molecule has 3 aliphatic rings. The van der Waals surface area contributed by atoms with Gasteiger partial charge in [0.25, 0.3) is 0 Å². The Morgan fingerprint density at radius 3 is 2.96 bits per heavy atom. The zero-order chi connectivity index (χ0) is 16.2. The van der Waals surface area contributed by atoms with Crippen LogP contribution in [0.25, 0.3) is 0 Å². The number of carbonyl (C=O) groups is 1. The normalized spacial score (nSPS) is 38.8. The molecule has 0 heterocycles. The number of phenolic OH excluding ortho intramolecular Hbond substituents is 1. The molecule has 3 heteroatoms. The van der Waals surface area contributed by atoms with Gasteiger partial charge in [-0.25, -0.2) is 0 Å². The van der Waals surface area contributed by atoms with E-state index in [4.69, 9.17) is 0 Å². The number of ketones is 1. The van der Waals surface area contributed by atoms with Crippen molar-refractivity contribution in [1.82, 2.24) is 5.32 Å². The van der Waals surface area contributed by atoms with Gasteiger partial charge in [0.05, 0.1) is 0 Å². The van der Waals surface area contributed by atoms with Crippen LogP contribution in [0.1, 0.15) is 49.7 Å². The molecule has 0 unspecified atom stereocenters. The number of fused-ring (bicyclic) bond motifs is 5. The molecule has 1 aromatic carbocycles. The van der Waals surface area contributed by atoms with Crippen LogP contribution in [-0.4, -0.2) is 24.5 Å². The smallest absolute Gasteiger partial charge is 0.139 e. The molecular weight excluding hydrogens is 286 g/mol. The van der Waals surface area contributed by atoms with E-state index in [-0.39, 0.29) is 5.41 Å². The average Bonchev–Trinajstić information content (AvgIpc) is 2.78. The van der Waals surface area contributed by atoms with Gasteiger partial charge < -0.3 is 10.4 Å². The Morgan fingerprint density at radius 1 is 1.35 bits per heavy atom. The maximum atomic E-state index is 12.7. The fraction of sp³-hybridized carbons (Fsp3) is 0.650. The molecular formula is C20H27NO2. The summed E-state index contributed by atoms with van der Waals surface area (Å²) >= 11 is 0. The van der Waals surface area contributed by atoms with E-state index in [1.807, 2.05) is 19.2 Å². The molecule has 2 fully saturated rings. The summed E-state index contributed by atoms with van der Waals surface area (Å²) in [5.41, 5.74) is 2.66. The Balaban J connectivity index is 1.72. The maximum absolute atomic E-state index is 12.7. The fourth-order valence-corrected chi connectivity index (χ4v) is 6.07. The molecule has 1 aromatic rings. The number of aromatic hydroxyl groups is 1. The number of nitrogens with one attached hydrogen (secondary N) is 1. The van der Waals surface area contributed by atoms with Gasteiger partial charge in [0.1, 0.15) is 11.5 Å². The summed E-state index contributed by atoms with van der Waals surface area (Å²) in [5, 5.41) is 13.1. The molecule has 2 N–H and O–H groups in total. The van der Waals surface area contributed by atoms with Crippen LogP contribution in [0.15, 0.2) is 18.2 Å². The van der Waals surface area contributed by atoms with Crippen LogP contribution in [0.4, 0.5) is 0 Å². The van der Waals surface area contributed by atoms with Crippen molar-refractivity contribution in [3.63, 3.8) is 0 Å². The van der Waals surface area contributed by atoms with Crippen LogP contribution >= 0.6 is 0 Å². The Bertz CT molecular complexity index is 641. The SMILES string of the molecule is CNC[C@H]1CC(=O)[C@@]2(C)CC[C@@H]3c4ccc(O)cc4CC[C@H]3[C@H]12. The molecule has 0 saturated heterocycles. The Hall–Kier alpha value is -1.35. The lowest BCUT2D eigenvalue weighted by molar-refractivity contribution is -0.129. The van der Waals surface area contributed by atoms with Crippen LogP contribution in [0.5, 0.6) is 5.75 Å². The standard InChI is InChI=1S/C20H27NO2/c1-20-8-7-16-15-6-4-14(22)9-12(15)3-5-17(16)19(20)13(11-21-2)10-18(20)23/h4,6,9,13,16-17,19,21-22H,3,5,7-8,10-11H2,1-2H3/t13-,16-,17-,19+,20-/m1/s1. The molecule has 3 aliphatic carbocycles. The average molecular weight is 313 g/mol. The van der Waals surface area contributed by atoms with Crippen molar-refractivity contribution in [2.75, 3.05) is 13.6 Å². The van der Waals surface area contributed by atoms with Crippen LogP contribution in [0, 0.1) is 23.2 Å². The van der Waals surface area contributed by atoms with Gasteiger partial charge in [0.15, 0.2) is 0 Å². The lowest BCUT2D eigenvalue weighted by atomic mass is 9.54. The maximum Gasteiger partial charge on any atom is 0.139 e. The van der Waals surface area contributed by atoms with Gasteiger partial charge in [0.2, 0.25) is 0 Å². The van der Waals surface area contributed by atoms with Crippen molar-refractivity contribution in [1.29, 1.82) is 0 Å². The first-order chi connectivity index (χ1) is 11.0. The van der Waals surface area contributed by atoms with Crippen LogP contribution < -0.4 is 5.32 Å². The van der Waals surface area contributed by atoms with Crippen molar-refractivity contribution < 1.29 is 9.90 Å². The van der Waals surface area contributed by atoms with Gasteiger partial charge in [-0.15, -0.1) is 0 Å². The van der Waals surface area contributed by atoms with Crippen LogP contribution in [0.2, 0.25) is 0 Å². The van der Waals surface area contributed by atoms with Gasteiger partial charge in [-0.3, -0.25) is 4.79 Å². The minimum Gasteiger partial charge on any atom is -0.508 e. The second-order valence-corrected chi connectivity index (χ2v) is 8.12. The highest BCUT2D eigenvalue weighted by molar-refractivity contribution is 5.87. The second kappa shape index (κ2) is 5.34. The number of rotatable bonds is 2. The minimum absolute atomic E-state index is 0.100. The van der Waals surface area contributed by atoms with E-state index in [2.05, 4.69) is 18.3 Å². The third-order valence-electron chi connectivity index (χ3n) is 7.02. The van der Waals surface area contributed by atoms with Crippen LogP contribution in [0.3, 0.4) is 0 Å². The minimum atomic E-state index is -0.100. The molecule has 4 rings (SSSR count). The third-order valence-corrected chi connectivity index (χ3v) is 7.02. The Kier molecular flexibility index (Phi) is 3.53. The molecule has 0 radical (unpaired) electrons. The zero-order valence-electron chi connectivity index (χ0n) is 14.1. The predicted octanol–water partition coefficient (Wildman–Crippen LogP) is 3.26. The summed E-state index contributed by atoms with van der Waals surface area (Å²) in [6.07, 6.45) is 5.10. The first-order valence-corrected chi connectivity index (χ1v) is 9.04. The van der Waals surface area contributed by atoms with E-state index in [0.717, 1.165) is 38.6 Å². The fourth-order valence-electron chi connectivity index (χ4n) is 6.07. The van der Waals surface area contributed by atoms with E-state index >= 15 is 0 Å². The second-order valence-electron chi connectivity index (χ2n) is 8.12.